The average molecular weight is 464 g/mol. The van der Waals surface area contributed by atoms with Gasteiger partial charge in [0, 0.05) is 53.0 Å². The van der Waals surface area contributed by atoms with Gasteiger partial charge in [0.05, 0.1) is 11.3 Å². The second-order valence-corrected chi connectivity index (χ2v) is 9.38. The standard InChI is InChI=1S/C24H30F3N5O/c25-24(26,27)21-3-7-28-13-20(21)22-1-2-23(31-30-22)29-19-11-17-14-32(15-18(17)12-19)8-4-16-5-9-33-10-6-16/h1-3,7,13,16-19H,4-6,8-12,14-15H2,(H,29,31)/i8D2. The molecule has 33 heavy (non-hydrogen) atoms. The second kappa shape index (κ2) is 9.54. The van der Waals surface area contributed by atoms with Crippen LogP contribution in [-0.2, 0) is 10.9 Å². The SMILES string of the molecule is [2H]C([2H])(CC1CCOCC1)N1CC2CC(Nc3ccc(-c4cnccc4C(F)(F)F)nn3)CC2C1. The van der Waals surface area contributed by atoms with E-state index in [-0.39, 0.29) is 17.3 Å². The van der Waals surface area contributed by atoms with Crippen LogP contribution < -0.4 is 5.32 Å². The van der Waals surface area contributed by atoms with Crippen molar-refractivity contribution in [2.45, 2.75) is 44.3 Å². The smallest absolute Gasteiger partial charge is 0.381 e. The number of fused-ring (bicyclic) bond motifs is 1. The zero-order valence-electron chi connectivity index (χ0n) is 20.4. The molecule has 0 radical (unpaired) electrons. The summed E-state index contributed by atoms with van der Waals surface area (Å²) in [6, 6.07) is 4.32. The van der Waals surface area contributed by atoms with Gasteiger partial charge in [-0.25, -0.2) is 0 Å². The molecular weight excluding hydrogens is 431 g/mol. The van der Waals surface area contributed by atoms with Gasteiger partial charge in [-0.3, -0.25) is 4.98 Å². The molecule has 1 saturated carbocycles. The predicted molar refractivity (Wildman–Crippen MR) is 118 cm³/mol. The molecule has 2 unspecified atom stereocenters. The topological polar surface area (TPSA) is 63.2 Å². The summed E-state index contributed by atoms with van der Waals surface area (Å²) >= 11 is 0. The summed E-state index contributed by atoms with van der Waals surface area (Å²) in [6.45, 7) is 1.68. The van der Waals surface area contributed by atoms with Gasteiger partial charge in [-0.15, -0.1) is 10.2 Å². The highest BCUT2D eigenvalue weighted by Gasteiger charge is 2.41. The highest BCUT2D eigenvalue weighted by molar-refractivity contribution is 5.63. The fourth-order valence-corrected chi connectivity index (χ4v) is 5.36. The highest BCUT2D eigenvalue weighted by Crippen LogP contribution is 2.40. The Morgan fingerprint density at radius 3 is 2.52 bits per heavy atom. The van der Waals surface area contributed by atoms with E-state index < -0.39 is 18.2 Å². The first-order chi connectivity index (χ1) is 16.7. The number of rotatable bonds is 6. The summed E-state index contributed by atoms with van der Waals surface area (Å²) in [7, 11) is 0. The minimum absolute atomic E-state index is 0.0930. The average Bonchev–Trinajstić information content (AvgIpc) is 3.39. The van der Waals surface area contributed by atoms with Gasteiger partial charge in [0.1, 0.15) is 5.82 Å². The van der Waals surface area contributed by atoms with Crippen LogP contribution in [0.1, 0.15) is 40.4 Å². The van der Waals surface area contributed by atoms with Gasteiger partial charge in [-0.2, -0.15) is 13.2 Å². The third kappa shape index (κ3) is 5.30. The lowest BCUT2D eigenvalue weighted by atomic mass is 9.96. The Labute approximate surface area is 194 Å². The normalized spacial score (nSPS) is 27.8. The van der Waals surface area contributed by atoms with Crippen molar-refractivity contribution in [3.63, 3.8) is 0 Å². The Morgan fingerprint density at radius 2 is 1.85 bits per heavy atom. The number of pyridine rings is 1. The summed E-state index contributed by atoms with van der Waals surface area (Å²) in [5, 5.41) is 11.5. The zero-order valence-corrected chi connectivity index (χ0v) is 18.4. The van der Waals surface area contributed by atoms with E-state index in [0.717, 1.165) is 70.4 Å². The maximum atomic E-state index is 13.3. The molecular formula is C24H30F3N5O. The van der Waals surface area contributed by atoms with E-state index in [1.54, 1.807) is 6.07 Å². The summed E-state index contributed by atoms with van der Waals surface area (Å²) in [5.41, 5.74) is -0.751. The van der Waals surface area contributed by atoms with Crippen LogP contribution in [-0.4, -0.2) is 58.9 Å². The number of nitrogens with zero attached hydrogens (tertiary/aromatic N) is 4. The van der Waals surface area contributed by atoms with Crippen molar-refractivity contribution in [2.75, 3.05) is 38.1 Å². The Morgan fingerprint density at radius 1 is 1.09 bits per heavy atom. The van der Waals surface area contributed by atoms with Crippen molar-refractivity contribution in [1.82, 2.24) is 20.1 Å². The summed E-state index contributed by atoms with van der Waals surface area (Å²) in [4.78, 5) is 5.83. The fourth-order valence-electron chi connectivity index (χ4n) is 5.36. The molecule has 1 N–H and O–H groups in total. The largest absolute Gasteiger partial charge is 0.417 e. The van der Waals surface area contributed by atoms with Crippen LogP contribution in [0.5, 0.6) is 0 Å². The number of likely N-dealkylation sites (tertiary alicyclic amines) is 1. The maximum Gasteiger partial charge on any atom is 0.417 e. The Kier molecular flexibility index (Phi) is 5.82. The molecule has 3 fully saturated rings. The highest BCUT2D eigenvalue weighted by atomic mass is 19.4. The minimum Gasteiger partial charge on any atom is -0.381 e. The van der Waals surface area contributed by atoms with Crippen LogP contribution in [0.25, 0.3) is 11.3 Å². The molecule has 0 aromatic carbocycles. The molecule has 4 heterocycles. The first-order valence-corrected chi connectivity index (χ1v) is 11.6. The van der Waals surface area contributed by atoms with Gasteiger partial charge in [0.25, 0.3) is 0 Å². The van der Waals surface area contributed by atoms with Crippen LogP contribution >= 0.6 is 0 Å². The summed E-state index contributed by atoms with van der Waals surface area (Å²) < 4.78 is 62.6. The first kappa shape index (κ1) is 20.1. The van der Waals surface area contributed by atoms with Gasteiger partial charge in [-0.1, -0.05) is 0 Å². The van der Waals surface area contributed by atoms with Gasteiger partial charge in [-0.05, 0) is 74.6 Å². The number of anilines is 1. The predicted octanol–water partition coefficient (Wildman–Crippen LogP) is 4.50. The van der Waals surface area contributed by atoms with Crippen molar-refractivity contribution >= 4 is 5.82 Å². The van der Waals surface area contributed by atoms with E-state index >= 15 is 0 Å². The third-order valence-electron chi connectivity index (χ3n) is 7.11. The number of ether oxygens (including phenoxy) is 1. The molecule has 0 spiro atoms. The van der Waals surface area contributed by atoms with Crippen LogP contribution in [0, 0.1) is 17.8 Å². The molecule has 5 rings (SSSR count). The van der Waals surface area contributed by atoms with Crippen molar-refractivity contribution in [2.24, 2.45) is 17.8 Å². The van der Waals surface area contributed by atoms with Gasteiger partial charge in [0.15, 0.2) is 0 Å². The quantitative estimate of drug-likeness (QED) is 0.681. The van der Waals surface area contributed by atoms with Crippen molar-refractivity contribution in [3.05, 3.63) is 36.2 Å². The van der Waals surface area contributed by atoms with E-state index in [2.05, 4.69) is 20.5 Å². The van der Waals surface area contributed by atoms with Gasteiger partial charge >= 0.3 is 6.18 Å². The number of nitrogens with one attached hydrogen (secondary N) is 1. The lowest BCUT2D eigenvalue weighted by Gasteiger charge is -2.25. The van der Waals surface area contributed by atoms with Gasteiger partial charge in [0.2, 0.25) is 0 Å². The first-order valence-electron chi connectivity index (χ1n) is 12.6. The van der Waals surface area contributed by atoms with Crippen molar-refractivity contribution in [3.8, 4) is 11.3 Å². The van der Waals surface area contributed by atoms with Crippen molar-refractivity contribution in [1.29, 1.82) is 0 Å². The summed E-state index contributed by atoms with van der Waals surface area (Å²) in [5.74, 6) is 1.76. The number of aromatic nitrogens is 3. The molecule has 2 aromatic heterocycles. The maximum absolute atomic E-state index is 13.3. The van der Waals surface area contributed by atoms with E-state index in [0.29, 0.717) is 30.0 Å². The number of hydrogen-bond donors (Lipinski definition) is 1. The van der Waals surface area contributed by atoms with Crippen LogP contribution in [0.15, 0.2) is 30.6 Å². The van der Waals surface area contributed by atoms with Gasteiger partial charge < -0.3 is 15.0 Å². The van der Waals surface area contributed by atoms with E-state index in [1.165, 1.54) is 6.07 Å². The molecule has 2 saturated heterocycles. The van der Waals surface area contributed by atoms with Crippen LogP contribution in [0.4, 0.5) is 19.0 Å². The number of halogens is 3. The third-order valence-corrected chi connectivity index (χ3v) is 7.11. The lowest BCUT2D eigenvalue weighted by Crippen LogP contribution is -2.28. The lowest BCUT2D eigenvalue weighted by molar-refractivity contribution is -0.137. The fraction of sp³-hybridized carbons (Fsp3) is 0.625. The van der Waals surface area contributed by atoms with Crippen molar-refractivity contribution < 1.29 is 20.6 Å². The molecule has 3 aliphatic rings. The molecule has 6 nitrogen and oxygen atoms in total. The molecule has 0 bridgehead atoms. The van der Waals surface area contributed by atoms with E-state index in [4.69, 9.17) is 7.48 Å². The van der Waals surface area contributed by atoms with E-state index in [1.807, 2.05) is 4.90 Å². The Bertz CT molecular complexity index is 1000. The van der Waals surface area contributed by atoms with Crippen LogP contribution in [0.3, 0.4) is 0 Å². The monoisotopic (exact) mass is 463 g/mol. The molecule has 2 aromatic rings. The number of hydrogen-bond acceptors (Lipinski definition) is 6. The second-order valence-electron chi connectivity index (χ2n) is 9.38. The zero-order chi connectivity index (χ0) is 24.6. The molecule has 2 aliphatic heterocycles. The molecule has 178 valence electrons. The molecule has 1 aliphatic carbocycles. The molecule has 0 amide bonds. The molecule has 2 atom stereocenters. The molecule has 9 heteroatoms. The number of alkyl halides is 3. The Balaban J connectivity index is 1.16. The Hall–Kier alpha value is -2.26. The minimum atomic E-state index is -4.49. The summed E-state index contributed by atoms with van der Waals surface area (Å²) in [6.07, 6.45) is 2.04. The van der Waals surface area contributed by atoms with Crippen LogP contribution in [0.2, 0.25) is 0 Å². The van der Waals surface area contributed by atoms with E-state index in [9.17, 15) is 13.2 Å².